The topological polar surface area (TPSA) is 125 Å². The molecule has 5 rings (SSSR count). The number of alkyl carbamates (subject to hydrolysis) is 1. The van der Waals surface area contributed by atoms with Gasteiger partial charge in [0.15, 0.2) is 0 Å². The van der Waals surface area contributed by atoms with Crippen LogP contribution in [0.4, 0.5) is 4.79 Å². The number of carbonyl (C=O) groups excluding carboxylic acids is 2. The van der Waals surface area contributed by atoms with Crippen molar-refractivity contribution < 1.29 is 14.3 Å². The average Bonchev–Trinajstić information content (AvgIpc) is 3.37. The molecule has 0 bridgehead atoms. The van der Waals surface area contributed by atoms with Crippen LogP contribution in [0, 0.1) is 5.92 Å². The van der Waals surface area contributed by atoms with Crippen LogP contribution in [-0.2, 0) is 9.53 Å². The van der Waals surface area contributed by atoms with Gasteiger partial charge in [0.1, 0.15) is 17.2 Å². The molecule has 1 aliphatic rings. The smallest absolute Gasteiger partial charge is 0.408 e. The summed E-state index contributed by atoms with van der Waals surface area (Å²) in [6.07, 6.45) is 6.43. The fourth-order valence-corrected chi connectivity index (χ4v) is 4.80. The van der Waals surface area contributed by atoms with Gasteiger partial charge in [-0.1, -0.05) is 61.4 Å². The van der Waals surface area contributed by atoms with E-state index in [1.165, 1.54) is 19.8 Å². The van der Waals surface area contributed by atoms with Crippen LogP contribution in [0.15, 0.2) is 60.9 Å². The zero-order valence-electron chi connectivity index (χ0n) is 24.2. The molecule has 1 aliphatic carbocycles. The lowest BCUT2D eigenvalue weighted by molar-refractivity contribution is -0.119. The second kappa shape index (κ2) is 11.6. The highest BCUT2D eigenvalue weighted by Gasteiger charge is 2.29. The summed E-state index contributed by atoms with van der Waals surface area (Å²) in [4.78, 5) is 39.6. The Kier molecular flexibility index (Phi) is 7.97. The quantitative estimate of drug-likeness (QED) is 0.183. The molecule has 2 heterocycles. The number of aromatic nitrogens is 4. The monoisotopic (exact) mass is 554 g/mol. The van der Waals surface area contributed by atoms with Gasteiger partial charge in [-0.15, -0.1) is 0 Å². The molecule has 2 aromatic heterocycles. The molecule has 2 aromatic carbocycles. The molecule has 41 heavy (non-hydrogen) atoms. The van der Waals surface area contributed by atoms with Gasteiger partial charge >= 0.3 is 6.09 Å². The predicted molar refractivity (Wildman–Crippen MR) is 159 cm³/mol. The third-order valence-corrected chi connectivity index (χ3v) is 7.04. The van der Waals surface area contributed by atoms with Crippen molar-refractivity contribution in [2.45, 2.75) is 71.6 Å². The molecule has 4 N–H and O–H groups in total. The average molecular weight is 555 g/mol. The van der Waals surface area contributed by atoms with E-state index in [4.69, 9.17) is 4.74 Å². The second-order valence-corrected chi connectivity index (χ2v) is 11.8. The van der Waals surface area contributed by atoms with E-state index in [-0.39, 0.29) is 18.0 Å². The van der Waals surface area contributed by atoms with Crippen molar-refractivity contribution in [3.63, 3.8) is 0 Å². The van der Waals surface area contributed by atoms with Crippen molar-refractivity contribution in [2.24, 2.45) is 5.92 Å². The lowest BCUT2D eigenvalue weighted by Gasteiger charge is -2.23. The van der Waals surface area contributed by atoms with Gasteiger partial charge in [-0.25, -0.2) is 14.8 Å². The zero-order valence-corrected chi connectivity index (χ0v) is 24.2. The number of H-pyrrole nitrogens is 2. The number of amides is 2. The maximum atomic E-state index is 12.5. The Hall–Kier alpha value is -4.40. The van der Waals surface area contributed by atoms with Crippen molar-refractivity contribution >= 4 is 12.0 Å². The molecule has 0 radical (unpaired) electrons. The van der Waals surface area contributed by atoms with E-state index in [1.54, 1.807) is 6.20 Å². The first kappa shape index (κ1) is 28.1. The normalized spacial score (nSPS) is 14.8. The summed E-state index contributed by atoms with van der Waals surface area (Å²) >= 11 is 0. The number of rotatable bonds is 9. The highest BCUT2D eigenvalue weighted by atomic mass is 16.6. The van der Waals surface area contributed by atoms with Gasteiger partial charge < -0.3 is 25.3 Å². The van der Waals surface area contributed by atoms with Crippen LogP contribution in [0.2, 0.25) is 0 Å². The number of ether oxygens (including phenoxy) is 1. The molecule has 2 amide bonds. The summed E-state index contributed by atoms with van der Waals surface area (Å²) in [5.74, 6) is 2.01. The Morgan fingerprint density at radius 3 is 2.10 bits per heavy atom. The van der Waals surface area contributed by atoms with E-state index in [9.17, 15) is 9.59 Å². The molecule has 1 unspecified atom stereocenters. The van der Waals surface area contributed by atoms with Gasteiger partial charge in [0.05, 0.1) is 35.9 Å². The minimum absolute atomic E-state index is 0.0914. The van der Waals surface area contributed by atoms with E-state index in [2.05, 4.69) is 67.0 Å². The summed E-state index contributed by atoms with van der Waals surface area (Å²) in [6, 6.07) is 16.2. The summed E-state index contributed by atoms with van der Waals surface area (Å²) < 4.78 is 5.49. The van der Waals surface area contributed by atoms with E-state index in [1.807, 2.05) is 46.0 Å². The SMILES string of the molecule is CC(=O)N[C@@H](C)c1ncc(-c2ccc(-c3ccc(-c4ncc(C(CC5CC5)NC(=O)OC(C)(C)C)[nH]4)cc3)cc2)[nH]1. The predicted octanol–water partition coefficient (Wildman–Crippen LogP) is 6.70. The number of aromatic amines is 2. The summed E-state index contributed by atoms with van der Waals surface area (Å²) in [5, 5.41) is 5.87. The molecule has 0 aliphatic heterocycles. The van der Waals surface area contributed by atoms with Gasteiger partial charge in [-0.3, -0.25) is 4.79 Å². The molecule has 0 spiro atoms. The largest absolute Gasteiger partial charge is 0.444 e. The zero-order chi connectivity index (χ0) is 29.1. The third-order valence-electron chi connectivity index (χ3n) is 7.04. The van der Waals surface area contributed by atoms with Crippen LogP contribution in [0.1, 0.15) is 77.5 Å². The van der Waals surface area contributed by atoms with Crippen LogP contribution in [0.3, 0.4) is 0 Å². The first-order chi connectivity index (χ1) is 19.5. The molecular weight excluding hydrogens is 516 g/mol. The Morgan fingerprint density at radius 2 is 1.51 bits per heavy atom. The van der Waals surface area contributed by atoms with E-state index in [0.29, 0.717) is 5.92 Å². The summed E-state index contributed by atoms with van der Waals surface area (Å²) in [5.41, 5.74) is 5.40. The van der Waals surface area contributed by atoms with Gasteiger partial charge in [-0.05, 0) is 56.7 Å². The maximum absolute atomic E-state index is 12.5. The lowest BCUT2D eigenvalue weighted by atomic mass is 10.0. The van der Waals surface area contributed by atoms with Crippen molar-refractivity contribution in [1.82, 2.24) is 30.6 Å². The van der Waals surface area contributed by atoms with Crippen molar-refractivity contribution in [3.8, 4) is 33.8 Å². The number of nitrogens with zero attached hydrogens (tertiary/aromatic N) is 2. The molecule has 9 nitrogen and oxygen atoms in total. The van der Waals surface area contributed by atoms with Gasteiger partial charge in [-0.2, -0.15) is 0 Å². The number of hydrogen-bond acceptors (Lipinski definition) is 5. The molecule has 2 atom stereocenters. The van der Waals surface area contributed by atoms with Crippen LogP contribution in [0.25, 0.3) is 33.8 Å². The van der Waals surface area contributed by atoms with E-state index >= 15 is 0 Å². The highest BCUT2D eigenvalue weighted by molar-refractivity contribution is 5.73. The molecule has 0 saturated heterocycles. The lowest BCUT2D eigenvalue weighted by Crippen LogP contribution is -2.35. The number of nitrogens with one attached hydrogen (secondary N) is 4. The van der Waals surface area contributed by atoms with Crippen LogP contribution in [-0.4, -0.2) is 37.5 Å². The second-order valence-electron chi connectivity index (χ2n) is 11.8. The Morgan fingerprint density at radius 1 is 0.902 bits per heavy atom. The fraction of sp³-hybridized carbons (Fsp3) is 0.375. The minimum atomic E-state index is -0.550. The Labute approximate surface area is 240 Å². The van der Waals surface area contributed by atoms with Crippen LogP contribution < -0.4 is 10.6 Å². The fourth-order valence-electron chi connectivity index (χ4n) is 4.80. The molecule has 1 fully saturated rings. The number of carbonyl (C=O) groups is 2. The van der Waals surface area contributed by atoms with Crippen LogP contribution in [0.5, 0.6) is 0 Å². The van der Waals surface area contributed by atoms with Gasteiger partial charge in [0.2, 0.25) is 5.91 Å². The third kappa shape index (κ3) is 7.42. The first-order valence-electron chi connectivity index (χ1n) is 14.1. The van der Waals surface area contributed by atoms with Gasteiger partial charge in [0.25, 0.3) is 0 Å². The molecule has 1 saturated carbocycles. The Bertz CT molecular complexity index is 1490. The summed E-state index contributed by atoms with van der Waals surface area (Å²) in [6.45, 7) is 8.98. The molecule has 214 valence electrons. The van der Waals surface area contributed by atoms with Crippen molar-refractivity contribution in [3.05, 3.63) is 72.4 Å². The highest BCUT2D eigenvalue weighted by Crippen LogP contribution is 2.38. The number of benzene rings is 2. The van der Waals surface area contributed by atoms with Crippen molar-refractivity contribution in [2.75, 3.05) is 0 Å². The van der Waals surface area contributed by atoms with Gasteiger partial charge in [0, 0.05) is 12.5 Å². The Balaban J connectivity index is 1.26. The number of imidazole rings is 2. The molecule has 9 heteroatoms. The summed E-state index contributed by atoms with van der Waals surface area (Å²) in [7, 11) is 0. The number of hydrogen-bond donors (Lipinski definition) is 4. The van der Waals surface area contributed by atoms with Crippen LogP contribution >= 0.6 is 0 Å². The maximum Gasteiger partial charge on any atom is 0.408 e. The van der Waals surface area contributed by atoms with Crippen molar-refractivity contribution in [1.29, 1.82) is 0 Å². The van der Waals surface area contributed by atoms with E-state index < -0.39 is 11.7 Å². The first-order valence-corrected chi connectivity index (χ1v) is 14.1. The van der Waals surface area contributed by atoms with E-state index in [0.717, 1.165) is 51.7 Å². The molecule has 4 aromatic rings. The standard InChI is InChI=1S/C32H38N6O3/c1-19(35-20(2)39)29-33-17-27(36-29)24-12-8-22(9-13-24)23-10-14-25(15-11-23)30-34-18-28(37-30)26(16-21-6-7-21)38-31(40)41-32(3,4)5/h8-15,17-19,21,26H,6-7,16H2,1-5H3,(H,33,36)(H,34,37)(H,35,39)(H,38,40)/t19-,26?/m0/s1. The minimum Gasteiger partial charge on any atom is -0.444 e. The molecular formula is C32H38N6O3.